The second kappa shape index (κ2) is 8.88. The normalized spacial score (nSPS) is 15.0. The second-order valence-corrected chi connectivity index (χ2v) is 8.44. The van der Waals surface area contributed by atoms with Gasteiger partial charge in [0.25, 0.3) is 0 Å². The van der Waals surface area contributed by atoms with Crippen molar-refractivity contribution in [2.24, 2.45) is 0 Å². The number of aryl methyl sites for hydroxylation is 3. The molecular weight excluding hydrogens is 433 g/mol. The Balaban J connectivity index is 1.55. The number of piperidine rings is 1. The first-order valence-electron chi connectivity index (χ1n) is 10.8. The van der Waals surface area contributed by atoms with Gasteiger partial charge in [0.15, 0.2) is 0 Å². The zero-order valence-corrected chi connectivity index (χ0v) is 18.7. The first-order chi connectivity index (χ1) is 15.6. The summed E-state index contributed by atoms with van der Waals surface area (Å²) in [5, 5.41) is 8.48. The largest absolute Gasteiger partial charge is 0.471 e. The van der Waals surface area contributed by atoms with Crippen molar-refractivity contribution in [2.45, 2.75) is 45.8 Å². The molecule has 1 amide bonds. The molecule has 6 nitrogen and oxygen atoms in total. The van der Waals surface area contributed by atoms with E-state index in [1.54, 1.807) is 4.68 Å². The van der Waals surface area contributed by atoms with Gasteiger partial charge in [-0.1, -0.05) is 23.4 Å². The number of rotatable bonds is 4. The summed E-state index contributed by atoms with van der Waals surface area (Å²) in [6, 6.07) is 13.4. The van der Waals surface area contributed by atoms with Crippen LogP contribution in [-0.4, -0.2) is 45.1 Å². The third-order valence-electron chi connectivity index (χ3n) is 5.74. The van der Waals surface area contributed by atoms with Crippen LogP contribution in [0.3, 0.4) is 0 Å². The zero-order chi connectivity index (χ0) is 23.8. The fourth-order valence-corrected chi connectivity index (χ4v) is 4.30. The molecule has 1 saturated heterocycles. The highest BCUT2D eigenvalue weighted by Gasteiger charge is 2.43. The van der Waals surface area contributed by atoms with Crippen molar-refractivity contribution in [2.75, 3.05) is 13.1 Å². The topological polar surface area (TPSA) is 60.3 Å². The summed E-state index contributed by atoms with van der Waals surface area (Å²) < 4.78 is 46.1. The zero-order valence-electron chi connectivity index (χ0n) is 18.7. The fraction of sp³-hybridized carbons (Fsp3) is 0.375. The summed E-state index contributed by atoms with van der Waals surface area (Å²) in [5.41, 5.74) is 4.58. The van der Waals surface area contributed by atoms with Gasteiger partial charge in [-0.15, -0.1) is 5.10 Å². The standard InChI is InChI=1S/C24H25F3N4O2/c1-15-11-16(2)13-21(12-15)33-20-6-4-5-18(14-20)22-17(3)28-29-31(22)19-7-9-30(10-8-19)23(32)24(25,26)27/h4-6,11-14,19H,7-10H2,1-3H3. The van der Waals surface area contributed by atoms with E-state index < -0.39 is 12.1 Å². The van der Waals surface area contributed by atoms with Crippen molar-refractivity contribution in [1.82, 2.24) is 19.9 Å². The van der Waals surface area contributed by atoms with Crippen LogP contribution in [0.5, 0.6) is 11.5 Å². The van der Waals surface area contributed by atoms with Gasteiger partial charge < -0.3 is 9.64 Å². The van der Waals surface area contributed by atoms with E-state index >= 15 is 0 Å². The van der Waals surface area contributed by atoms with Crippen LogP contribution in [0.1, 0.15) is 35.7 Å². The maximum atomic E-state index is 12.8. The van der Waals surface area contributed by atoms with Crippen molar-refractivity contribution in [3.63, 3.8) is 0 Å². The van der Waals surface area contributed by atoms with Crippen LogP contribution < -0.4 is 4.74 Å². The SMILES string of the molecule is Cc1cc(C)cc(Oc2cccc(-c3c(C)nnn3C3CCN(C(=O)C(F)(F)F)CC3)c2)c1. The fourth-order valence-electron chi connectivity index (χ4n) is 4.30. The number of nitrogens with zero attached hydrogens (tertiary/aromatic N) is 4. The average Bonchev–Trinajstić information content (AvgIpc) is 3.13. The molecule has 0 atom stereocenters. The first kappa shape index (κ1) is 22.8. The van der Waals surface area contributed by atoms with E-state index in [0.717, 1.165) is 33.0 Å². The van der Waals surface area contributed by atoms with E-state index in [-0.39, 0.29) is 19.1 Å². The van der Waals surface area contributed by atoms with Gasteiger partial charge in [0.2, 0.25) is 0 Å². The molecular formula is C24H25F3N4O2. The maximum Gasteiger partial charge on any atom is 0.471 e. The lowest BCUT2D eigenvalue weighted by molar-refractivity contribution is -0.186. The predicted molar refractivity (Wildman–Crippen MR) is 117 cm³/mol. The highest BCUT2D eigenvalue weighted by Crippen LogP contribution is 2.33. The molecule has 1 aromatic heterocycles. The minimum Gasteiger partial charge on any atom is -0.457 e. The van der Waals surface area contributed by atoms with Gasteiger partial charge in [-0.2, -0.15) is 13.2 Å². The van der Waals surface area contributed by atoms with Crippen LogP contribution in [-0.2, 0) is 4.79 Å². The lowest BCUT2D eigenvalue weighted by atomic mass is 10.0. The summed E-state index contributed by atoms with van der Waals surface area (Å²) in [7, 11) is 0. The minimum absolute atomic E-state index is 0.0250. The molecule has 2 heterocycles. The van der Waals surface area contributed by atoms with Gasteiger partial charge in [0.1, 0.15) is 11.5 Å². The lowest BCUT2D eigenvalue weighted by Crippen LogP contribution is -2.45. The van der Waals surface area contributed by atoms with Gasteiger partial charge in [0, 0.05) is 18.7 Å². The smallest absolute Gasteiger partial charge is 0.457 e. The number of likely N-dealkylation sites (tertiary alicyclic amines) is 1. The Hall–Kier alpha value is -3.36. The Morgan fingerprint density at radius 2 is 1.67 bits per heavy atom. The lowest BCUT2D eigenvalue weighted by Gasteiger charge is -2.32. The first-order valence-corrected chi connectivity index (χ1v) is 10.8. The number of hydrogen-bond acceptors (Lipinski definition) is 4. The number of alkyl halides is 3. The molecule has 0 N–H and O–H groups in total. The quantitative estimate of drug-likeness (QED) is 0.526. The molecule has 174 valence electrons. The molecule has 0 unspecified atom stereocenters. The number of halogens is 3. The van der Waals surface area contributed by atoms with Crippen LogP contribution >= 0.6 is 0 Å². The van der Waals surface area contributed by atoms with E-state index in [0.29, 0.717) is 24.3 Å². The number of carbonyl (C=O) groups excluding carboxylic acids is 1. The van der Waals surface area contributed by atoms with Crippen molar-refractivity contribution >= 4 is 5.91 Å². The van der Waals surface area contributed by atoms with Gasteiger partial charge in [-0.3, -0.25) is 4.79 Å². The van der Waals surface area contributed by atoms with Crippen molar-refractivity contribution in [3.8, 4) is 22.8 Å². The summed E-state index contributed by atoms with van der Waals surface area (Å²) in [6.45, 7) is 5.92. The molecule has 1 aliphatic heterocycles. The third-order valence-corrected chi connectivity index (χ3v) is 5.74. The number of benzene rings is 2. The Morgan fingerprint density at radius 1 is 1.00 bits per heavy atom. The van der Waals surface area contributed by atoms with Crippen LogP contribution in [0.25, 0.3) is 11.3 Å². The molecule has 1 aliphatic rings. The molecule has 0 saturated carbocycles. The molecule has 9 heteroatoms. The van der Waals surface area contributed by atoms with Crippen molar-refractivity contribution < 1.29 is 22.7 Å². The number of carbonyl (C=O) groups is 1. The van der Waals surface area contributed by atoms with E-state index in [4.69, 9.17) is 4.74 Å². The summed E-state index contributed by atoms with van der Waals surface area (Å²) in [5.74, 6) is -0.378. The highest BCUT2D eigenvalue weighted by molar-refractivity contribution is 5.81. The van der Waals surface area contributed by atoms with E-state index in [2.05, 4.69) is 16.4 Å². The van der Waals surface area contributed by atoms with Crippen LogP contribution in [0.2, 0.25) is 0 Å². The van der Waals surface area contributed by atoms with Crippen LogP contribution in [0.15, 0.2) is 42.5 Å². The average molecular weight is 458 g/mol. The second-order valence-electron chi connectivity index (χ2n) is 8.44. The molecule has 0 spiro atoms. The molecule has 0 radical (unpaired) electrons. The van der Waals surface area contributed by atoms with Gasteiger partial charge in [0.05, 0.1) is 17.4 Å². The van der Waals surface area contributed by atoms with E-state index in [9.17, 15) is 18.0 Å². The number of ether oxygens (including phenoxy) is 1. The Kier molecular flexibility index (Phi) is 6.14. The minimum atomic E-state index is -4.85. The van der Waals surface area contributed by atoms with E-state index in [1.165, 1.54) is 0 Å². The Bertz CT molecular complexity index is 1140. The number of amides is 1. The maximum absolute atomic E-state index is 12.8. The van der Waals surface area contributed by atoms with Crippen molar-refractivity contribution in [3.05, 3.63) is 59.3 Å². The molecule has 3 aromatic rings. The summed E-state index contributed by atoms with van der Waals surface area (Å²) in [6.07, 6.45) is -4.11. The summed E-state index contributed by atoms with van der Waals surface area (Å²) in [4.78, 5) is 12.4. The Morgan fingerprint density at radius 3 is 2.30 bits per heavy atom. The van der Waals surface area contributed by atoms with Gasteiger partial charge in [-0.05, 0) is 69.0 Å². The van der Waals surface area contributed by atoms with E-state index in [1.807, 2.05) is 57.2 Å². The van der Waals surface area contributed by atoms with Crippen molar-refractivity contribution in [1.29, 1.82) is 0 Å². The van der Waals surface area contributed by atoms with Gasteiger partial charge >= 0.3 is 12.1 Å². The molecule has 33 heavy (non-hydrogen) atoms. The van der Waals surface area contributed by atoms with Gasteiger partial charge in [-0.25, -0.2) is 4.68 Å². The molecule has 0 bridgehead atoms. The molecule has 0 aliphatic carbocycles. The van der Waals surface area contributed by atoms with Crippen LogP contribution in [0, 0.1) is 20.8 Å². The summed E-state index contributed by atoms with van der Waals surface area (Å²) >= 11 is 0. The number of aromatic nitrogens is 3. The molecule has 1 fully saturated rings. The number of hydrogen-bond donors (Lipinski definition) is 0. The Labute approximate surface area is 190 Å². The third kappa shape index (κ3) is 5.02. The highest BCUT2D eigenvalue weighted by atomic mass is 19.4. The predicted octanol–water partition coefficient (Wildman–Crippen LogP) is 5.39. The molecule has 2 aromatic carbocycles. The van der Waals surface area contributed by atoms with Crippen LogP contribution in [0.4, 0.5) is 13.2 Å². The monoisotopic (exact) mass is 458 g/mol. The molecule has 4 rings (SSSR count).